The second-order valence-corrected chi connectivity index (χ2v) is 5.05. The Kier molecular flexibility index (Phi) is 4.44. The Bertz CT molecular complexity index is 595. The summed E-state index contributed by atoms with van der Waals surface area (Å²) in [5.74, 6) is 0.555. The van der Waals surface area contributed by atoms with Crippen LogP contribution in [0.1, 0.15) is 18.9 Å². The van der Waals surface area contributed by atoms with Gasteiger partial charge in [-0.05, 0) is 46.6 Å². The fourth-order valence-electron chi connectivity index (χ4n) is 1.93. The molecule has 0 aromatic heterocycles. The van der Waals surface area contributed by atoms with Gasteiger partial charge in [0.15, 0.2) is 11.5 Å². The first-order valence-electron chi connectivity index (χ1n) is 6.10. The molecular weight excluding hydrogens is 326 g/mol. The van der Waals surface area contributed by atoms with E-state index in [-0.39, 0.29) is 18.2 Å². The Labute approximate surface area is 125 Å². The van der Waals surface area contributed by atoms with Gasteiger partial charge in [0.1, 0.15) is 0 Å². The van der Waals surface area contributed by atoms with Crippen molar-refractivity contribution in [2.45, 2.75) is 13.3 Å². The number of carbonyl (C=O) groups is 2. The lowest BCUT2D eigenvalue weighted by Gasteiger charge is -2.12. The summed E-state index contributed by atoms with van der Waals surface area (Å²) in [6.45, 7) is 2.41. The van der Waals surface area contributed by atoms with Gasteiger partial charge in [-0.3, -0.25) is 14.9 Å². The number of methoxy groups -OCH3 is 1. The summed E-state index contributed by atoms with van der Waals surface area (Å²) >= 11 is 3.41. The summed E-state index contributed by atoms with van der Waals surface area (Å²) in [4.78, 5) is 22.7. The van der Waals surface area contributed by atoms with Crippen LogP contribution in [0.15, 0.2) is 22.2 Å². The normalized spacial score (nSPS) is 16.4. The van der Waals surface area contributed by atoms with E-state index < -0.39 is 0 Å². The highest BCUT2D eigenvalue weighted by Gasteiger charge is 2.23. The average Bonchev–Trinajstić information content (AvgIpc) is 2.70. The molecule has 1 fully saturated rings. The zero-order valence-electron chi connectivity index (χ0n) is 11.2. The highest BCUT2D eigenvalue weighted by Crippen LogP contribution is 2.37. The standard InChI is InChI=1S/C14H14BrNO4/c1-3-20-13-10(15)5-8(6-11(13)19-2)4-9-7-12(17)16-14(9)18/h4-6H,3,7H2,1-2H3,(H,16,17,18). The van der Waals surface area contributed by atoms with E-state index in [1.165, 1.54) is 0 Å². The molecule has 5 nitrogen and oxygen atoms in total. The van der Waals surface area contributed by atoms with E-state index in [9.17, 15) is 9.59 Å². The van der Waals surface area contributed by atoms with Crippen LogP contribution in [0, 0.1) is 0 Å². The van der Waals surface area contributed by atoms with Crippen molar-refractivity contribution in [3.8, 4) is 11.5 Å². The molecular formula is C14H14BrNO4. The van der Waals surface area contributed by atoms with Crippen LogP contribution >= 0.6 is 15.9 Å². The van der Waals surface area contributed by atoms with Crippen LogP contribution in [0.2, 0.25) is 0 Å². The third-order valence-electron chi connectivity index (χ3n) is 2.78. The molecule has 1 aromatic rings. The van der Waals surface area contributed by atoms with Gasteiger partial charge in [-0.25, -0.2) is 0 Å². The molecule has 0 aliphatic carbocycles. The summed E-state index contributed by atoms with van der Waals surface area (Å²) in [5, 5.41) is 2.25. The van der Waals surface area contributed by atoms with Crippen LogP contribution in [0.4, 0.5) is 0 Å². The highest BCUT2D eigenvalue weighted by atomic mass is 79.9. The molecule has 1 aliphatic heterocycles. The number of rotatable bonds is 4. The van der Waals surface area contributed by atoms with Crippen LogP contribution in [-0.4, -0.2) is 25.5 Å². The van der Waals surface area contributed by atoms with E-state index in [0.717, 1.165) is 10.0 Å². The maximum atomic E-state index is 11.5. The van der Waals surface area contributed by atoms with Crippen molar-refractivity contribution in [1.29, 1.82) is 0 Å². The largest absolute Gasteiger partial charge is 0.493 e. The van der Waals surface area contributed by atoms with Crippen molar-refractivity contribution >= 4 is 33.8 Å². The number of benzene rings is 1. The molecule has 1 saturated heterocycles. The van der Waals surface area contributed by atoms with Gasteiger partial charge in [0.25, 0.3) is 5.91 Å². The third kappa shape index (κ3) is 3.01. The van der Waals surface area contributed by atoms with Crippen molar-refractivity contribution in [2.24, 2.45) is 0 Å². The number of carbonyl (C=O) groups excluding carboxylic acids is 2. The molecule has 106 valence electrons. The van der Waals surface area contributed by atoms with Crippen molar-refractivity contribution in [3.05, 3.63) is 27.7 Å². The molecule has 0 radical (unpaired) electrons. The molecule has 0 saturated carbocycles. The van der Waals surface area contributed by atoms with Crippen molar-refractivity contribution in [1.82, 2.24) is 5.32 Å². The topological polar surface area (TPSA) is 64.6 Å². The molecule has 1 heterocycles. The van der Waals surface area contributed by atoms with E-state index in [1.54, 1.807) is 19.3 Å². The zero-order valence-corrected chi connectivity index (χ0v) is 12.7. The number of nitrogens with one attached hydrogen (secondary N) is 1. The molecule has 0 spiro atoms. The lowest BCUT2D eigenvalue weighted by Crippen LogP contribution is -2.19. The van der Waals surface area contributed by atoms with Crippen LogP contribution in [0.5, 0.6) is 11.5 Å². The summed E-state index contributed by atoms with van der Waals surface area (Å²) < 4.78 is 11.5. The summed E-state index contributed by atoms with van der Waals surface area (Å²) in [6, 6.07) is 3.58. The van der Waals surface area contributed by atoms with Gasteiger partial charge < -0.3 is 9.47 Å². The second-order valence-electron chi connectivity index (χ2n) is 4.19. The second kappa shape index (κ2) is 6.09. The number of halogens is 1. The number of ether oxygens (including phenoxy) is 2. The van der Waals surface area contributed by atoms with E-state index in [0.29, 0.717) is 23.7 Å². The number of hydrogen-bond acceptors (Lipinski definition) is 4. The van der Waals surface area contributed by atoms with Crippen molar-refractivity contribution in [3.63, 3.8) is 0 Å². The van der Waals surface area contributed by atoms with Crippen molar-refractivity contribution < 1.29 is 19.1 Å². The minimum absolute atomic E-state index is 0.103. The fourth-order valence-corrected chi connectivity index (χ4v) is 2.50. The maximum absolute atomic E-state index is 11.5. The Morgan fingerprint density at radius 3 is 2.70 bits per heavy atom. The van der Waals surface area contributed by atoms with Gasteiger partial charge in [-0.1, -0.05) is 0 Å². The molecule has 1 aromatic carbocycles. The molecule has 2 rings (SSSR count). The lowest BCUT2D eigenvalue weighted by molar-refractivity contribution is -0.124. The minimum atomic E-state index is -0.348. The monoisotopic (exact) mass is 339 g/mol. The van der Waals surface area contributed by atoms with Crippen molar-refractivity contribution in [2.75, 3.05) is 13.7 Å². The number of imide groups is 1. The Morgan fingerprint density at radius 1 is 1.40 bits per heavy atom. The van der Waals surface area contributed by atoms with E-state index in [2.05, 4.69) is 21.2 Å². The SMILES string of the molecule is CCOc1c(Br)cc(C=C2CC(=O)NC2=O)cc1OC. The van der Waals surface area contributed by atoms with Crippen LogP contribution in [-0.2, 0) is 9.59 Å². The quantitative estimate of drug-likeness (QED) is 0.675. The highest BCUT2D eigenvalue weighted by molar-refractivity contribution is 9.10. The summed E-state index contributed by atoms with van der Waals surface area (Å²) in [7, 11) is 1.55. The molecule has 0 atom stereocenters. The lowest BCUT2D eigenvalue weighted by atomic mass is 10.1. The fraction of sp³-hybridized carbons (Fsp3) is 0.286. The van der Waals surface area contributed by atoms with Gasteiger partial charge in [0.05, 0.1) is 24.6 Å². The smallest absolute Gasteiger partial charge is 0.254 e. The van der Waals surface area contributed by atoms with Gasteiger partial charge in [-0.2, -0.15) is 0 Å². The Balaban J connectivity index is 2.39. The number of hydrogen-bond donors (Lipinski definition) is 1. The van der Waals surface area contributed by atoms with Gasteiger partial charge in [0.2, 0.25) is 5.91 Å². The van der Waals surface area contributed by atoms with E-state index in [4.69, 9.17) is 9.47 Å². The van der Waals surface area contributed by atoms with Crippen LogP contribution in [0.3, 0.4) is 0 Å². The molecule has 0 bridgehead atoms. The molecule has 20 heavy (non-hydrogen) atoms. The maximum Gasteiger partial charge on any atom is 0.254 e. The molecule has 1 aliphatic rings. The molecule has 0 unspecified atom stereocenters. The summed E-state index contributed by atoms with van der Waals surface area (Å²) in [6.07, 6.45) is 1.77. The van der Waals surface area contributed by atoms with Gasteiger partial charge in [-0.15, -0.1) is 0 Å². The summed E-state index contributed by atoms with van der Waals surface area (Å²) in [5.41, 5.74) is 1.20. The Morgan fingerprint density at radius 2 is 2.15 bits per heavy atom. The number of amides is 2. The van der Waals surface area contributed by atoms with Crippen LogP contribution < -0.4 is 14.8 Å². The van der Waals surface area contributed by atoms with E-state index in [1.807, 2.05) is 13.0 Å². The van der Waals surface area contributed by atoms with Crippen LogP contribution in [0.25, 0.3) is 6.08 Å². The first kappa shape index (κ1) is 14.6. The van der Waals surface area contributed by atoms with Gasteiger partial charge >= 0.3 is 0 Å². The first-order chi connectivity index (χ1) is 9.55. The molecule has 2 amide bonds. The first-order valence-corrected chi connectivity index (χ1v) is 6.89. The van der Waals surface area contributed by atoms with E-state index >= 15 is 0 Å². The Hall–Kier alpha value is -1.82. The van der Waals surface area contributed by atoms with Gasteiger partial charge in [0, 0.05) is 5.57 Å². The zero-order chi connectivity index (χ0) is 14.7. The minimum Gasteiger partial charge on any atom is -0.493 e. The predicted octanol–water partition coefficient (Wildman–Crippen LogP) is 2.29. The third-order valence-corrected chi connectivity index (χ3v) is 3.37. The average molecular weight is 340 g/mol. The molecule has 6 heteroatoms. The predicted molar refractivity (Wildman–Crippen MR) is 77.6 cm³/mol. The molecule has 1 N–H and O–H groups in total.